The van der Waals surface area contributed by atoms with Crippen LogP contribution >= 0.6 is 0 Å². The van der Waals surface area contributed by atoms with Gasteiger partial charge in [-0.15, -0.1) is 0 Å². The maximum atomic E-state index is 12.3. The summed E-state index contributed by atoms with van der Waals surface area (Å²) in [6, 6.07) is 8.44. The summed E-state index contributed by atoms with van der Waals surface area (Å²) in [7, 11) is 0. The van der Waals surface area contributed by atoms with Crippen LogP contribution in [-0.4, -0.2) is 36.2 Å². The zero-order chi connectivity index (χ0) is 15.0. The SMILES string of the molecule is CC(C)(C)OC(=O)N1CCC2CNc3ccccc3C2C1. The Labute approximate surface area is 126 Å². The molecule has 2 atom stereocenters. The molecule has 1 N–H and O–H groups in total. The minimum Gasteiger partial charge on any atom is -0.444 e. The summed E-state index contributed by atoms with van der Waals surface area (Å²) in [6.07, 6.45) is 0.850. The molecule has 1 aromatic rings. The highest BCUT2D eigenvalue weighted by molar-refractivity contribution is 5.69. The zero-order valence-electron chi connectivity index (χ0n) is 13.1. The van der Waals surface area contributed by atoms with E-state index in [0.29, 0.717) is 11.8 Å². The molecule has 0 spiro atoms. The van der Waals surface area contributed by atoms with E-state index >= 15 is 0 Å². The molecule has 0 radical (unpaired) electrons. The lowest BCUT2D eigenvalue weighted by molar-refractivity contribution is 0.0159. The van der Waals surface area contributed by atoms with E-state index in [1.807, 2.05) is 25.7 Å². The summed E-state index contributed by atoms with van der Waals surface area (Å²) < 4.78 is 5.52. The molecule has 1 amide bonds. The van der Waals surface area contributed by atoms with E-state index in [4.69, 9.17) is 4.74 Å². The summed E-state index contributed by atoms with van der Waals surface area (Å²) in [5, 5.41) is 3.51. The molecule has 114 valence electrons. The second-order valence-electron chi connectivity index (χ2n) is 7.05. The second-order valence-corrected chi connectivity index (χ2v) is 7.05. The zero-order valence-corrected chi connectivity index (χ0v) is 13.1. The predicted octanol–water partition coefficient (Wildman–Crippen LogP) is 3.45. The van der Waals surface area contributed by atoms with Crippen LogP contribution in [0.2, 0.25) is 0 Å². The Hall–Kier alpha value is -1.71. The van der Waals surface area contributed by atoms with Gasteiger partial charge in [0.05, 0.1) is 0 Å². The second kappa shape index (κ2) is 5.24. The number of likely N-dealkylation sites (tertiary alicyclic amines) is 1. The Kier molecular flexibility index (Phi) is 3.56. The lowest BCUT2D eigenvalue weighted by Gasteiger charge is -2.42. The van der Waals surface area contributed by atoms with Crippen LogP contribution in [0.5, 0.6) is 0 Å². The number of amides is 1. The highest BCUT2D eigenvalue weighted by Gasteiger charge is 2.37. The van der Waals surface area contributed by atoms with Crippen LogP contribution in [0.25, 0.3) is 0 Å². The Morgan fingerprint density at radius 3 is 2.86 bits per heavy atom. The molecule has 21 heavy (non-hydrogen) atoms. The molecule has 2 unspecified atom stereocenters. The lowest BCUT2D eigenvalue weighted by atomic mass is 9.78. The average molecular weight is 288 g/mol. The number of carbonyl (C=O) groups is 1. The molecule has 0 bridgehead atoms. The van der Waals surface area contributed by atoms with Crippen molar-refractivity contribution in [2.45, 2.75) is 38.7 Å². The lowest BCUT2D eigenvalue weighted by Crippen LogP contribution is -2.47. The first-order chi connectivity index (χ1) is 9.94. The van der Waals surface area contributed by atoms with Gasteiger partial charge >= 0.3 is 6.09 Å². The molecular formula is C17H24N2O2. The molecule has 1 saturated heterocycles. The fourth-order valence-corrected chi connectivity index (χ4v) is 3.31. The van der Waals surface area contributed by atoms with Crippen LogP contribution in [0, 0.1) is 5.92 Å². The third kappa shape index (κ3) is 2.99. The number of piperidine rings is 1. The van der Waals surface area contributed by atoms with Crippen molar-refractivity contribution in [1.82, 2.24) is 4.90 Å². The number of hydrogen-bond donors (Lipinski definition) is 1. The van der Waals surface area contributed by atoms with E-state index in [1.54, 1.807) is 0 Å². The molecule has 2 aliphatic rings. The minimum atomic E-state index is -0.431. The topological polar surface area (TPSA) is 41.6 Å². The van der Waals surface area contributed by atoms with Crippen LogP contribution < -0.4 is 5.32 Å². The maximum Gasteiger partial charge on any atom is 0.410 e. The Morgan fingerprint density at radius 2 is 2.10 bits per heavy atom. The standard InChI is InChI=1S/C17H24N2O2/c1-17(2,3)21-16(20)19-9-8-12-10-18-15-7-5-4-6-13(15)14(12)11-19/h4-7,12,14,18H,8-11H2,1-3H3. The summed E-state index contributed by atoms with van der Waals surface area (Å²) in [5.74, 6) is 1.03. The van der Waals surface area contributed by atoms with Crippen molar-refractivity contribution in [1.29, 1.82) is 0 Å². The Balaban J connectivity index is 1.76. The fraction of sp³-hybridized carbons (Fsp3) is 0.588. The van der Waals surface area contributed by atoms with Gasteiger partial charge in [-0.25, -0.2) is 4.79 Å². The van der Waals surface area contributed by atoms with Crippen molar-refractivity contribution in [2.75, 3.05) is 25.0 Å². The number of hydrogen-bond acceptors (Lipinski definition) is 3. The molecule has 2 heterocycles. The minimum absolute atomic E-state index is 0.183. The van der Waals surface area contributed by atoms with Crippen molar-refractivity contribution in [2.24, 2.45) is 5.92 Å². The summed E-state index contributed by atoms with van der Waals surface area (Å²) in [5.41, 5.74) is 2.12. The highest BCUT2D eigenvalue weighted by Crippen LogP contribution is 2.40. The number of benzene rings is 1. The van der Waals surface area contributed by atoms with E-state index in [0.717, 1.165) is 26.1 Å². The first-order valence-corrected chi connectivity index (χ1v) is 7.75. The van der Waals surface area contributed by atoms with Crippen molar-refractivity contribution in [3.8, 4) is 0 Å². The normalized spacial score (nSPS) is 24.6. The predicted molar refractivity (Wildman–Crippen MR) is 83.6 cm³/mol. The van der Waals surface area contributed by atoms with E-state index in [-0.39, 0.29) is 6.09 Å². The number of nitrogens with one attached hydrogen (secondary N) is 1. The van der Waals surface area contributed by atoms with Gasteiger partial charge < -0.3 is 15.0 Å². The smallest absolute Gasteiger partial charge is 0.410 e. The van der Waals surface area contributed by atoms with Gasteiger partial charge in [0.25, 0.3) is 0 Å². The van der Waals surface area contributed by atoms with Crippen LogP contribution in [0.4, 0.5) is 10.5 Å². The van der Waals surface area contributed by atoms with Gasteiger partial charge in [-0.1, -0.05) is 18.2 Å². The van der Waals surface area contributed by atoms with Crippen LogP contribution in [0.1, 0.15) is 38.7 Å². The van der Waals surface area contributed by atoms with Crippen molar-refractivity contribution in [3.05, 3.63) is 29.8 Å². The molecule has 4 heteroatoms. The number of carbonyl (C=O) groups excluding carboxylic acids is 1. The molecule has 1 aromatic carbocycles. The molecule has 4 nitrogen and oxygen atoms in total. The third-order valence-corrected chi connectivity index (χ3v) is 4.32. The average Bonchev–Trinajstić information content (AvgIpc) is 2.45. The van der Waals surface area contributed by atoms with E-state index in [1.165, 1.54) is 11.3 Å². The molecule has 2 aliphatic heterocycles. The number of fused-ring (bicyclic) bond motifs is 3. The molecule has 1 fully saturated rings. The van der Waals surface area contributed by atoms with Crippen LogP contribution in [-0.2, 0) is 4.74 Å². The molecule has 3 rings (SSSR count). The van der Waals surface area contributed by atoms with Crippen LogP contribution in [0.15, 0.2) is 24.3 Å². The van der Waals surface area contributed by atoms with Crippen LogP contribution in [0.3, 0.4) is 0 Å². The number of nitrogens with zero attached hydrogens (tertiary/aromatic N) is 1. The van der Waals surface area contributed by atoms with Crippen molar-refractivity contribution >= 4 is 11.8 Å². The van der Waals surface area contributed by atoms with E-state index in [2.05, 4.69) is 29.6 Å². The first kappa shape index (κ1) is 14.2. The molecular weight excluding hydrogens is 264 g/mol. The summed E-state index contributed by atoms with van der Waals surface area (Å²) in [6.45, 7) is 8.30. The van der Waals surface area contributed by atoms with Gasteiger partial charge in [-0.2, -0.15) is 0 Å². The first-order valence-electron chi connectivity index (χ1n) is 7.75. The number of anilines is 1. The van der Waals surface area contributed by atoms with E-state index in [9.17, 15) is 4.79 Å². The van der Waals surface area contributed by atoms with Gasteiger partial charge in [0.15, 0.2) is 0 Å². The molecule has 0 saturated carbocycles. The van der Waals surface area contributed by atoms with Gasteiger partial charge in [0.1, 0.15) is 5.60 Å². The molecule has 0 aromatic heterocycles. The highest BCUT2D eigenvalue weighted by atomic mass is 16.6. The Morgan fingerprint density at radius 1 is 1.33 bits per heavy atom. The third-order valence-electron chi connectivity index (χ3n) is 4.32. The van der Waals surface area contributed by atoms with Gasteiger partial charge in [-0.05, 0) is 44.7 Å². The van der Waals surface area contributed by atoms with Gasteiger partial charge in [-0.3, -0.25) is 0 Å². The van der Waals surface area contributed by atoms with Crippen molar-refractivity contribution in [3.63, 3.8) is 0 Å². The van der Waals surface area contributed by atoms with E-state index < -0.39 is 5.60 Å². The Bertz CT molecular complexity index is 536. The largest absolute Gasteiger partial charge is 0.444 e. The monoisotopic (exact) mass is 288 g/mol. The summed E-state index contributed by atoms with van der Waals surface area (Å²) >= 11 is 0. The van der Waals surface area contributed by atoms with Gasteiger partial charge in [0, 0.05) is 31.2 Å². The number of para-hydroxylation sites is 1. The summed E-state index contributed by atoms with van der Waals surface area (Å²) in [4.78, 5) is 14.2. The maximum absolute atomic E-state index is 12.3. The number of rotatable bonds is 0. The van der Waals surface area contributed by atoms with Gasteiger partial charge in [0.2, 0.25) is 0 Å². The van der Waals surface area contributed by atoms with Crippen molar-refractivity contribution < 1.29 is 9.53 Å². The fourth-order valence-electron chi connectivity index (χ4n) is 3.31. The number of ether oxygens (including phenoxy) is 1. The quantitative estimate of drug-likeness (QED) is 0.795. The molecule has 0 aliphatic carbocycles.